The molecule has 0 saturated heterocycles. The van der Waals surface area contributed by atoms with Crippen molar-refractivity contribution in [3.05, 3.63) is 114 Å². The molecule has 1 aliphatic heterocycles. The molecular weight excluding hydrogens is 354 g/mol. The summed E-state index contributed by atoms with van der Waals surface area (Å²) >= 11 is 0. The molecule has 1 aromatic heterocycles. The Morgan fingerprint density at radius 3 is 2.41 bits per heavy atom. The topological polar surface area (TPSA) is 31.1 Å². The van der Waals surface area contributed by atoms with Gasteiger partial charge in [0.1, 0.15) is 0 Å². The molecule has 0 saturated carbocycles. The summed E-state index contributed by atoms with van der Waals surface area (Å²) in [5.74, 6) is 0. The molecule has 2 N–H and O–H groups in total. The number of aromatic nitrogens is 1. The van der Waals surface area contributed by atoms with Crippen LogP contribution in [0.15, 0.2) is 96.8 Å². The average Bonchev–Trinajstić information content (AvgIpc) is 3.38. The van der Waals surface area contributed by atoms with E-state index >= 15 is 0 Å². The number of hydrogen-bond acceptors (Lipinski definition) is 2. The lowest BCUT2D eigenvalue weighted by atomic mass is 10.0. The zero-order valence-electron chi connectivity index (χ0n) is 16.6. The van der Waals surface area contributed by atoms with Crippen LogP contribution < -0.4 is 10.4 Å². The van der Waals surface area contributed by atoms with E-state index in [1.165, 1.54) is 39.0 Å². The highest BCUT2D eigenvalue weighted by molar-refractivity contribution is 5.83. The maximum atomic E-state index is 3.67. The van der Waals surface area contributed by atoms with Crippen molar-refractivity contribution in [2.75, 3.05) is 5.01 Å². The van der Waals surface area contributed by atoms with Crippen LogP contribution >= 0.6 is 0 Å². The smallest absolute Gasteiger partial charge is 0.0954 e. The summed E-state index contributed by atoms with van der Waals surface area (Å²) in [5, 5.41) is 3.59. The second-order valence-corrected chi connectivity index (χ2v) is 7.72. The lowest BCUT2D eigenvalue weighted by Crippen LogP contribution is -2.34. The van der Waals surface area contributed by atoms with Gasteiger partial charge in [-0.25, -0.2) is 0 Å². The lowest BCUT2D eigenvalue weighted by Gasteiger charge is -2.27. The fourth-order valence-corrected chi connectivity index (χ4v) is 4.10. The van der Waals surface area contributed by atoms with Crippen molar-refractivity contribution in [1.29, 1.82) is 0 Å². The van der Waals surface area contributed by atoms with E-state index in [4.69, 9.17) is 0 Å². The Morgan fingerprint density at radius 2 is 1.59 bits per heavy atom. The molecule has 0 bridgehead atoms. The van der Waals surface area contributed by atoms with Crippen LogP contribution in [0.3, 0.4) is 0 Å². The molecule has 3 nitrogen and oxygen atoms in total. The van der Waals surface area contributed by atoms with E-state index in [2.05, 4.69) is 113 Å². The molecule has 3 heteroatoms. The Hall–Kier alpha value is -3.46. The molecule has 0 fully saturated rings. The Morgan fingerprint density at radius 1 is 0.828 bits per heavy atom. The summed E-state index contributed by atoms with van der Waals surface area (Å²) in [7, 11) is 0. The van der Waals surface area contributed by atoms with Crippen LogP contribution in [-0.2, 0) is 6.42 Å². The van der Waals surface area contributed by atoms with Crippen molar-refractivity contribution < 1.29 is 0 Å². The third-order valence-electron chi connectivity index (χ3n) is 5.69. The number of H-pyrrole nitrogens is 1. The number of hydrazine groups is 1. The molecule has 5 rings (SSSR count). The fourth-order valence-electron chi connectivity index (χ4n) is 4.10. The number of hydrogen-bond donors (Lipinski definition) is 2. The van der Waals surface area contributed by atoms with Crippen molar-refractivity contribution in [1.82, 2.24) is 10.4 Å². The summed E-state index contributed by atoms with van der Waals surface area (Å²) < 4.78 is 0. The SMILES string of the molecule is Cc1ccc(C2C=C(CCc3c[nH]c4ccccc34)NN2c2ccccc2)cc1. The van der Waals surface area contributed by atoms with E-state index in [-0.39, 0.29) is 6.04 Å². The van der Waals surface area contributed by atoms with Gasteiger partial charge in [-0.2, -0.15) is 0 Å². The van der Waals surface area contributed by atoms with Gasteiger partial charge in [-0.3, -0.25) is 5.01 Å². The van der Waals surface area contributed by atoms with E-state index in [1.807, 2.05) is 0 Å². The molecule has 29 heavy (non-hydrogen) atoms. The number of nitrogens with zero attached hydrogens (tertiary/aromatic N) is 1. The molecule has 144 valence electrons. The van der Waals surface area contributed by atoms with Crippen molar-refractivity contribution in [2.45, 2.75) is 25.8 Å². The number of rotatable bonds is 5. The van der Waals surface area contributed by atoms with Crippen LogP contribution in [0.5, 0.6) is 0 Å². The Balaban J connectivity index is 1.40. The molecule has 4 aromatic rings. The van der Waals surface area contributed by atoms with Gasteiger partial charge >= 0.3 is 0 Å². The number of anilines is 1. The van der Waals surface area contributed by atoms with E-state index in [9.17, 15) is 0 Å². The normalized spacial score (nSPS) is 16.1. The summed E-state index contributed by atoms with van der Waals surface area (Å²) in [5.41, 5.74) is 11.3. The minimum absolute atomic E-state index is 0.191. The van der Waals surface area contributed by atoms with E-state index in [1.54, 1.807) is 0 Å². The number of allylic oxidation sites excluding steroid dienone is 1. The Kier molecular flexibility index (Phi) is 4.57. The first-order valence-corrected chi connectivity index (χ1v) is 10.2. The first-order valence-electron chi connectivity index (χ1n) is 10.2. The van der Waals surface area contributed by atoms with E-state index in [0.29, 0.717) is 0 Å². The number of fused-ring (bicyclic) bond motifs is 1. The van der Waals surface area contributed by atoms with Gasteiger partial charge in [-0.15, -0.1) is 0 Å². The van der Waals surface area contributed by atoms with Crippen LogP contribution in [0, 0.1) is 6.92 Å². The van der Waals surface area contributed by atoms with Crippen molar-refractivity contribution in [3.63, 3.8) is 0 Å². The maximum absolute atomic E-state index is 3.67. The second-order valence-electron chi connectivity index (χ2n) is 7.72. The van der Waals surface area contributed by atoms with Gasteiger partial charge < -0.3 is 10.4 Å². The third kappa shape index (κ3) is 3.52. The van der Waals surface area contributed by atoms with Gasteiger partial charge in [0.05, 0.1) is 11.7 Å². The van der Waals surface area contributed by atoms with Crippen LogP contribution in [0.2, 0.25) is 0 Å². The van der Waals surface area contributed by atoms with Crippen molar-refractivity contribution in [3.8, 4) is 0 Å². The fraction of sp³-hybridized carbons (Fsp3) is 0.154. The monoisotopic (exact) mass is 379 g/mol. The largest absolute Gasteiger partial charge is 0.361 e. The number of aryl methyl sites for hydroxylation is 2. The molecule has 3 aromatic carbocycles. The van der Waals surface area contributed by atoms with Crippen molar-refractivity contribution in [2.24, 2.45) is 0 Å². The highest BCUT2D eigenvalue weighted by atomic mass is 15.5. The first kappa shape index (κ1) is 17.6. The third-order valence-corrected chi connectivity index (χ3v) is 5.69. The zero-order chi connectivity index (χ0) is 19.6. The van der Waals surface area contributed by atoms with Gasteiger partial charge in [0, 0.05) is 22.8 Å². The molecule has 0 aliphatic carbocycles. The summed E-state index contributed by atoms with van der Waals surface area (Å²) in [4.78, 5) is 3.39. The number of para-hydroxylation sites is 2. The molecule has 0 radical (unpaired) electrons. The minimum Gasteiger partial charge on any atom is -0.361 e. The highest BCUT2D eigenvalue weighted by Gasteiger charge is 2.26. The summed E-state index contributed by atoms with van der Waals surface area (Å²) in [6.45, 7) is 2.13. The first-order chi connectivity index (χ1) is 14.3. The summed E-state index contributed by atoms with van der Waals surface area (Å²) in [6.07, 6.45) is 6.50. The molecule has 1 atom stereocenters. The summed E-state index contributed by atoms with van der Waals surface area (Å²) in [6, 6.07) is 28.1. The van der Waals surface area contributed by atoms with Crippen LogP contribution in [0.25, 0.3) is 10.9 Å². The Bertz CT molecular complexity index is 1140. The Labute approximate surface area is 171 Å². The van der Waals surface area contributed by atoms with Gasteiger partial charge in [-0.05, 0) is 55.2 Å². The van der Waals surface area contributed by atoms with Crippen molar-refractivity contribution >= 4 is 16.6 Å². The van der Waals surface area contributed by atoms with Gasteiger partial charge in [0.25, 0.3) is 0 Å². The van der Waals surface area contributed by atoms with Gasteiger partial charge in [0.15, 0.2) is 0 Å². The molecule has 1 unspecified atom stereocenters. The molecule has 1 aliphatic rings. The van der Waals surface area contributed by atoms with Crippen LogP contribution in [-0.4, -0.2) is 4.98 Å². The van der Waals surface area contributed by atoms with Crippen LogP contribution in [0.1, 0.15) is 29.2 Å². The molecule has 0 amide bonds. The average molecular weight is 380 g/mol. The minimum atomic E-state index is 0.191. The van der Waals surface area contributed by atoms with E-state index in [0.717, 1.165) is 12.8 Å². The van der Waals surface area contributed by atoms with Gasteiger partial charge in [0.2, 0.25) is 0 Å². The molecule has 0 spiro atoms. The van der Waals surface area contributed by atoms with E-state index < -0.39 is 0 Å². The molecular formula is C26H25N3. The van der Waals surface area contributed by atoms with Crippen LogP contribution in [0.4, 0.5) is 5.69 Å². The molecule has 2 heterocycles. The predicted molar refractivity (Wildman–Crippen MR) is 121 cm³/mol. The number of aromatic amines is 1. The number of benzene rings is 3. The van der Waals surface area contributed by atoms with Gasteiger partial charge in [-0.1, -0.05) is 66.2 Å². The zero-order valence-corrected chi connectivity index (χ0v) is 16.6. The second kappa shape index (κ2) is 7.51. The lowest BCUT2D eigenvalue weighted by molar-refractivity contribution is 0.686. The highest BCUT2D eigenvalue weighted by Crippen LogP contribution is 2.33. The standard InChI is InChI=1S/C26H25N3/c1-19-11-13-20(14-12-19)26-17-22(28-29(26)23-7-3-2-4-8-23)16-15-21-18-27-25-10-6-5-9-24(21)25/h2-14,17-18,26-28H,15-16H2,1H3. The maximum Gasteiger partial charge on any atom is 0.0954 e. The quantitative estimate of drug-likeness (QED) is 0.442. The number of nitrogens with one attached hydrogen (secondary N) is 2. The predicted octanol–water partition coefficient (Wildman–Crippen LogP) is 6.06.